The molecule has 1 aromatic heterocycles. The number of nitrogens with two attached hydrogens (primary N) is 1. The van der Waals surface area contributed by atoms with Crippen molar-refractivity contribution in [2.75, 3.05) is 12.9 Å². The molecule has 0 aliphatic heterocycles. The van der Waals surface area contributed by atoms with Gasteiger partial charge >= 0.3 is 5.97 Å². The lowest BCUT2D eigenvalue weighted by Crippen LogP contribution is -2.33. The Bertz CT molecular complexity index is 330. The van der Waals surface area contributed by atoms with Gasteiger partial charge in [0, 0.05) is 16.4 Å². The van der Waals surface area contributed by atoms with Crippen molar-refractivity contribution in [2.45, 2.75) is 11.8 Å². The summed E-state index contributed by atoms with van der Waals surface area (Å²) in [5.41, 5.74) is 5.60. The van der Waals surface area contributed by atoms with Gasteiger partial charge in [-0.15, -0.1) is 11.3 Å². The van der Waals surface area contributed by atoms with Crippen molar-refractivity contribution in [3.05, 3.63) is 20.8 Å². The summed E-state index contributed by atoms with van der Waals surface area (Å²) in [6.07, 6.45) is 0. The Morgan fingerprint density at radius 3 is 3.00 bits per heavy atom. The lowest BCUT2D eigenvalue weighted by molar-refractivity contribution is -0.141. The van der Waals surface area contributed by atoms with Gasteiger partial charge in [-0.3, -0.25) is 4.79 Å². The maximum atomic E-state index is 11.0. The summed E-state index contributed by atoms with van der Waals surface area (Å²) in [6, 6.07) is 3.55. The van der Waals surface area contributed by atoms with Gasteiger partial charge in [0.15, 0.2) is 0 Å². The molecule has 0 aliphatic rings. The van der Waals surface area contributed by atoms with Gasteiger partial charge < -0.3 is 10.5 Å². The zero-order valence-corrected chi connectivity index (χ0v) is 11.5. The molecule has 6 heteroatoms. The Morgan fingerprint density at radius 2 is 2.47 bits per heavy atom. The second kappa shape index (κ2) is 6.52. The quantitative estimate of drug-likeness (QED) is 0.848. The van der Waals surface area contributed by atoms with E-state index in [0.717, 1.165) is 9.54 Å². The smallest absolute Gasteiger partial charge is 0.323 e. The number of ether oxygens (including phenoxy) is 1. The van der Waals surface area contributed by atoms with E-state index in [9.17, 15) is 4.79 Å². The molecular formula is C9H12BrNO2S2. The molecule has 84 valence electrons. The van der Waals surface area contributed by atoms with Crippen LogP contribution in [0, 0.1) is 0 Å². The summed E-state index contributed by atoms with van der Waals surface area (Å²) in [7, 11) is 1.35. The fraction of sp³-hybridized carbons (Fsp3) is 0.444. The molecule has 0 spiro atoms. The zero-order valence-electron chi connectivity index (χ0n) is 8.23. The second-order valence-electron chi connectivity index (χ2n) is 2.85. The molecule has 0 amide bonds. The third-order valence-electron chi connectivity index (χ3n) is 1.67. The molecule has 0 radical (unpaired) electrons. The SMILES string of the molecule is COC(=O)C(N)CSCc1ccc(Br)s1. The molecular weight excluding hydrogens is 298 g/mol. The number of hydrogen-bond acceptors (Lipinski definition) is 5. The van der Waals surface area contributed by atoms with Crippen LogP contribution in [0.1, 0.15) is 4.88 Å². The maximum absolute atomic E-state index is 11.0. The van der Waals surface area contributed by atoms with Crippen LogP contribution in [0.5, 0.6) is 0 Å². The first-order valence-electron chi connectivity index (χ1n) is 4.29. The number of hydrogen-bond donors (Lipinski definition) is 1. The summed E-state index contributed by atoms with van der Waals surface area (Å²) in [5, 5.41) is 0. The number of thioether (sulfide) groups is 1. The van der Waals surface area contributed by atoms with Crippen LogP contribution in [0.3, 0.4) is 0 Å². The van der Waals surface area contributed by atoms with Gasteiger partial charge in [-0.1, -0.05) is 0 Å². The number of esters is 1. The third-order valence-corrected chi connectivity index (χ3v) is 4.59. The number of carbonyl (C=O) groups is 1. The van der Waals surface area contributed by atoms with Crippen molar-refractivity contribution in [3.63, 3.8) is 0 Å². The molecule has 0 fully saturated rings. The average Bonchev–Trinajstić information content (AvgIpc) is 2.63. The molecule has 1 unspecified atom stereocenters. The molecule has 1 heterocycles. The summed E-state index contributed by atoms with van der Waals surface area (Å²) >= 11 is 6.73. The Morgan fingerprint density at radius 1 is 1.73 bits per heavy atom. The highest BCUT2D eigenvalue weighted by Crippen LogP contribution is 2.25. The molecule has 1 rings (SSSR count). The minimum Gasteiger partial charge on any atom is -0.468 e. The predicted octanol–water partition coefficient (Wildman–Crippen LogP) is 2.24. The zero-order chi connectivity index (χ0) is 11.3. The Hall–Kier alpha value is -0.0400. The van der Waals surface area contributed by atoms with Crippen molar-refractivity contribution in [2.24, 2.45) is 5.73 Å². The summed E-state index contributed by atoms with van der Waals surface area (Å²) in [5.74, 6) is 1.11. The fourth-order valence-electron chi connectivity index (χ4n) is 0.935. The van der Waals surface area contributed by atoms with Gasteiger partial charge in [-0.05, 0) is 28.1 Å². The monoisotopic (exact) mass is 309 g/mol. The molecule has 2 N–H and O–H groups in total. The van der Waals surface area contributed by atoms with Gasteiger partial charge in [-0.2, -0.15) is 11.8 Å². The topological polar surface area (TPSA) is 52.3 Å². The first kappa shape index (κ1) is 13.0. The number of methoxy groups -OCH3 is 1. The van der Waals surface area contributed by atoms with Crippen LogP contribution < -0.4 is 5.73 Å². The highest BCUT2D eigenvalue weighted by atomic mass is 79.9. The van der Waals surface area contributed by atoms with Crippen LogP contribution in [0.4, 0.5) is 0 Å². The number of rotatable bonds is 5. The van der Waals surface area contributed by atoms with Crippen LogP contribution in [-0.2, 0) is 15.3 Å². The highest BCUT2D eigenvalue weighted by molar-refractivity contribution is 9.11. The van der Waals surface area contributed by atoms with Crippen LogP contribution in [0.15, 0.2) is 15.9 Å². The third kappa shape index (κ3) is 4.55. The first-order valence-corrected chi connectivity index (χ1v) is 7.05. The standard InChI is InChI=1S/C9H12BrNO2S2/c1-13-9(12)7(11)5-14-4-6-2-3-8(10)15-6/h2-3,7H,4-5,11H2,1H3. The van der Waals surface area contributed by atoms with E-state index in [0.29, 0.717) is 5.75 Å². The molecule has 0 aromatic carbocycles. The van der Waals surface area contributed by atoms with Gasteiger partial charge in [0.1, 0.15) is 6.04 Å². The fourth-order valence-corrected chi connectivity index (χ4v) is 3.50. The highest BCUT2D eigenvalue weighted by Gasteiger charge is 2.13. The molecule has 15 heavy (non-hydrogen) atoms. The predicted molar refractivity (Wildman–Crippen MR) is 68.2 cm³/mol. The van der Waals surface area contributed by atoms with Gasteiger partial charge in [0.25, 0.3) is 0 Å². The minimum absolute atomic E-state index is 0.352. The largest absolute Gasteiger partial charge is 0.468 e. The van der Waals surface area contributed by atoms with Crippen LogP contribution in [0.25, 0.3) is 0 Å². The van der Waals surface area contributed by atoms with E-state index in [4.69, 9.17) is 5.73 Å². The van der Waals surface area contributed by atoms with Gasteiger partial charge in [-0.25, -0.2) is 0 Å². The number of thiophene rings is 1. The van der Waals surface area contributed by atoms with Crippen LogP contribution in [-0.4, -0.2) is 24.9 Å². The maximum Gasteiger partial charge on any atom is 0.323 e. The van der Waals surface area contributed by atoms with E-state index in [2.05, 4.69) is 26.7 Å². The van der Waals surface area contributed by atoms with E-state index < -0.39 is 6.04 Å². The number of halogens is 1. The molecule has 0 saturated carbocycles. The van der Waals surface area contributed by atoms with Crippen molar-refractivity contribution in [1.82, 2.24) is 0 Å². The Balaban J connectivity index is 2.24. The van der Waals surface area contributed by atoms with Crippen molar-refractivity contribution >= 4 is 45.0 Å². The van der Waals surface area contributed by atoms with Gasteiger partial charge in [0.05, 0.1) is 10.9 Å². The average molecular weight is 310 g/mol. The van der Waals surface area contributed by atoms with E-state index in [1.807, 2.05) is 6.07 Å². The number of carbonyl (C=O) groups excluding carboxylic acids is 1. The second-order valence-corrected chi connectivity index (χ2v) is 6.43. The first-order chi connectivity index (χ1) is 7.13. The Labute approximate surface area is 106 Å². The van der Waals surface area contributed by atoms with E-state index in [1.54, 1.807) is 23.1 Å². The molecule has 0 saturated heterocycles. The van der Waals surface area contributed by atoms with E-state index >= 15 is 0 Å². The summed E-state index contributed by atoms with van der Waals surface area (Å²) in [6.45, 7) is 0. The Kier molecular flexibility index (Phi) is 5.66. The molecule has 1 atom stereocenters. The molecule has 0 bridgehead atoms. The molecule has 0 aliphatic carbocycles. The summed E-state index contributed by atoms with van der Waals surface area (Å²) < 4.78 is 5.66. The van der Waals surface area contributed by atoms with Crippen LogP contribution in [0.2, 0.25) is 0 Å². The van der Waals surface area contributed by atoms with Crippen LogP contribution >= 0.6 is 39.0 Å². The molecule has 1 aromatic rings. The lowest BCUT2D eigenvalue weighted by Gasteiger charge is -2.07. The van der Waals surface area contributed by atoms with Crippen molar-refractivity contribution < 1.29 is 9.53 Å². The van der Waals surface area contributed by atoms with Crippen molar-refractivity contribution in [3.8, 4) is 0 Å². The van der Waals surface area contributed by atoms with E-state index in [1.165, 1.54) is 12.0 Å². The van der Waals surface area contributed by atoms with E-state index in [-0.39, 0.29) is 5.97 Å². The minimum atomic E-state index is -0.525. The summed E-state index contributed by atoms with van der Waals surface area (Å²) in [4.78, 5) is 12.3. The molecule has 3 nitrogen and oxygen atoms in total. The van der Waals surface area contributed by atoms with Crippen molar-refractivity contribution in [1.29, 1.82) is 0 Å². The van der Waals surface area contributed by atoms with Gasteiger partial charge in [0.2, 0.25) is 0 Å². The normalized spacial score (nSPS) is 12.5. The lowest BCUT2D eigenvalue weighted by atomic mass is 10.4.